The molecule has 2 amide bonds. The molecule has 0 radical (unpaired) electrons. The Bertz CT molecular complexity index is 662. The summed E-state index contributed by atoms with van der Waals surface area (Å²) < 4.78 is 36.6. The summed E-state index contributed by atoms with van der Waals surface area (Å²) in [5.74, 6) is -2.66. The monoisotopic (exact) mass is 388 g/mol. The Labute approximate surface area is 156 Å². The fraction of sp³-hybridized carbons (Fsp3) is 0.765. The van der Waals surface area contributed by atoms with Crippen LogP contribution in [-0.2, 0) is 16.1 Å². The molecular formula is C17H26F2N4O4. The van der Waals surface area contributed by atoms with E-state index in [0.29, 0.717) is 18.7 Å². The Hall–Kier alpha value is -2.26. The minimum Gasteiger partial charge on any atom is -0.444 e. The highest BCUT2D eigenvalue weighted by Crippen LogP contribution is 2.39. The third-order valence-electron chi connectivity index (χ3n) is 4.11. The van der Waals surface area contributed by atoms with Gasteiger partial charge in [-0.05, 0) is 40.5 Å². The Morgan fingerprint density at radius 2 is 1.96 bits per heavy atom. The highest BCUT2D eigenvalue weighted by atomic mass is 19.3. The van der Waals surface area contributed by atoms with Crippen molar-refractivity contribution in [1.82, 2.24) is 20.8 Å². The molecule has 0 spiro atoms. The number of alkyl carbamates (subject to hydrolysis) is 1. The number of rotatable bonds is 5. The van der Waals surface area contributed by atoms with Gasteiger partial charge in [0.05, 0.1) is 6.54 Å². The second-order valence-electron chi connectivity index (χ2n) is 7.76. The van der Waals surface area contributed by atoms with E-state index in [1.807, 2.05) is 0 Å². The first-order chi connectivity index (χ1) is 12.5. The molecule has 1 heterocycles. The van der Waals surface area contributed by atoms with E-state index in [0.717, 1.165) is 0 Å². The number of aromatic nitrogens is 2. The summed E-state index contributed by atoms with van der Waals surface area (Å²) in [7, 11) is 0. The van der Waals surface area contributed by atoms with Gasteiger partial charge in [0.15, 0.2) is 5.82 Å². The minimum atomic E-state index is -2.62. The van der Waals surface area contributed by atoms with Gasteiger partial charge < -0.3 is 19.9 Å². The normalized spacial score (nSPS) is 18.6. The predicted molar refractivity (Wildman–Crippen MR) is 91.1 cm³/mol. The van der Waals surface area contributed by atoms with Crippen LogP contribution in [0.2, 0.25) is 0 Å². The second-order valence-corrected chi connectivity index (χ2v) is 7.76. The van der Waals surface area contributed by atoms with Crippen LogP contribution in [0.5, 0.6) is 0 Å². The van der Waals surface area contributed by atoms with E-state index in [1.165, 1.54) is 6.92 Å². The van der Waals surface area contributed by atoms with E-state index in [4.69, 9.17) is 9.26 Å². The first-order valence-electron chi connectivity index (χ1n) is 8.93. The van der Waals surface area contributed by atoms with Gasteiger partial charge in [-0.3, -0.25) is 4.79 Å². The minimum absolute atomic E-state index is 0.0188. The van der Waals surface area contributed by atoms with Crippen molar-refractivity contribution in [3.05, 3.63) is 11.7 Å². The molecule has 27 heavy (non-hydrogen) atoms. The Morgan fingerprint density at radius 3 is 2.56 bits per heavy atom. The molecule has 2 rings (SSSR count). The van der Waals surface area contributed by atoms with Crippen LogP contribution in [0.3, 0.4) is 0 Å². The maximum Gasteiger partial charge on any atom is 0.408 e. The highest BCUT2D eigenvalue weighted by Gasteiger charge is 2.37. The lowest BCUT2D eigenvalue weighted by molar-refractivity contribution is -0.123. The number of hydrogen-bond donors (Lipinski definition) is 2. The van der Waals surface area contributed by atoms with E-state index in [-0.39, 0.29) is 31.2 Å². The van der Waals surface area contributed by atoms with Crippen molar-refractivity contribution >= 4 is 12.0 Å². The molecule has 1 aromatic heterocycles. The fourth-order valence-corrected chi connectivity index (χ4v) is 2.67. The summed E-state index contributed by atoms with van der Waals surface area (Å²) in [6, 6.07) is -0.817. The van der Waals surface area contributed by atoms with Gasteiger partial charge >= 0.3 is 6.09 Å². The molecule has 0 saturated heterocycles. The van der Waals surface area contributed by atoms with Crippen molar-refractivity contribution in [2.75, 3.05) is 0 Å². The quantitative estimate of drug-likeness (QED) is 0.803. The Morgan fingerprint density at radius 1 is 1.33 bits per heavy atom. The highest BCUT2D eigenvalue weighted by molar-refractivity contribution is 5.85. The number of carbonyl (C=O) groups excluding carboxylic acids is 2. The van der Waals surface area contributed by atoms with Gasteiger partial charge in [-0.15, -0.1) is 0 Å². The van der Waals surface area contributed by atoms with E-state index in [2.05, 4.69) is 20.8 Å². The lowest BCUT2D eigenvalue weighted by atomic mass is 9.86. The summed E-state index contributed by atoms with van der Waals surface area (Å²) in [4.78, 5) is 27.9. The summed E-state index contributed by atoms with van der Waals surface area (Å²) in [5, 5.41) is 8.82. The number of nitrogens with one attached hydrogen (secondary N) is 2. The summed E-state index contributed by atoms with van der Waals surface area (Å²) >= 11 is 0. The van der Waals surface area contributed by atoms with Gasteiger partial charge in [-0.2, -0.15) is 4.98 Å². The third-order valence-corrected chi connectivity index (χ3v) is 4.11. The van der Waals surface area contributed by atoms with Crippen molar-refractivity contribution in [2.24, 2.45) is 0 Å². The molecular weight excluding hydrogens is 362 g/mol. The van der Waals surface area contributed by atoms with E-state index < -0.39 is 29.6 Å². The van der Waals surface area contributed by atoms with Crippen LogP contribution >= 0.6 is 0 Å². The molecule has 0 aromatic carbocycles. The molecule has 1 atom stereocenters. The number of alkyl halides is 2. The van der Waals surface area contributed by atoms with Crippen LogP contribution in [0.25, 0.3) is 0 Å². The first-order valence-corrected chi connectivity index (χ1v) is 8.93. The molecule has 0 unspecified atom stereocenters. The zero-order chi connectivity index (χ0) is 20.2. The molecule has 0 bridgehead atoms. The number of hydrogen-bond acceptors (Lipinski definition) is 6. The van der Waals surface area contributed by atoms with Gasteiger partial charge in [0.2, 0.25) is 17.7 Å². The Balaban J connectivity index is 1.79. The van der Waals surface area contributed by atoms with E-state index in [1.54, 1.807) is 20.8 Å². The average Bonchev–Trinajstić information content (AvgIpc) is 2.99. The maximum atomic E-state index is 13.2. The number of nitrogens with zero attached hydrogens (tertiary/aromatic N) is 2. The number of amides is 2. The van der Waals surface area contributed by atoms with Crippen LogP contribution in [-0.4, -0.2) is 39.7 Å². The second kappa shape index (κ2) is 8.18. The molecule has 1 saturated carbocycles. The Kier molecular flexibility index (Phi) is 6.38. The SMILES string of the molecule is C[C@H](NC(=O)OC(C)(C)C)C(=O)NCc1nc(C2CCC(F)(F)CC2)no1. The molecule has 10 heteroatoms. The molecule has 8 nitrogen and oxygen atoms in total. The molecule has 1 aliphatic carbocycles. The molecule has 0 aliphatic heterocycles. The standard InChI is InChI=1S/C17H26F2N4O4/c1-10(21-15(25)26-16(2,3)4)14(24)20-9-12-22-13(23-27-12)11-5-7-17(18,19)8-6-11/h10-11H,5-9H2,1-4H3,(H,20,24)(H,21,25)/t10-/m0/s1. The van der Waals surface area contributed by atoms with E-state index in [9.17, 15) is 18.4 Å². The summed E-state index contributed by atoms with van der Waals surface area (Å²) in [6.07, 6.45) is -0.470. The third kappa shape index (κ3) is 6.76. The van der Waals surface area contributed by atoms with Gasteiger partial charge in [0.1, 0.15) is 11.6 Å². The van der Waals surface area contributed by atoms with Gasteiger partial charge in [-0.25, -0.2) is 13.6 Å². The van der Waals surface area contributed by atoms with Crippen molar-refractivity contribution in [1.29, 1.82) is 0 Å². The lowest BCUT2D eigenvalue weighted by Crippen LogP contribution is -2.46. The zero-order valence-corrected chi connectivity index (χ0v) is 16.0. The summed E-state index contributed by atoms with van der Waals surface area (Å²) in [6.45, 7) is 6.66. The number of carbonyl (C=O) groups is 2. The molecule has 1 aromatic rings. The van der Waals surface area contributed by atoms with Crippen LogP contribution in [0.1, 0.15) is 71.0 Å². The van der Waals surface area contributed by atoms with Gasteiger partial charge in [-0.1, -0.05) is 5.16 Å². The molecule has 1 fully saturated rings. The molecule has 1 aliphatic rings. The van der Waals surface area contributed by atoms with Crippen LogP contribution in [0, 0.1) is 0 Å². The molecule has 2 N–H and O–H groups in total. The lowest BCUT2D eigenvalue weighted by Gasteiger charge is -2.26. The first kappa shape index (κ1) is 21.0. The number of halogens is 2. The maximum absolute atomic E-state index is 13.2. The summed E-state index contributed by atoms with van der Waals surface area (Å²) in [5.41, 5.74) is -0.663. The average molecular weight is 388 g/mol. The smallest absolute Gasteiger partial charge is 0.408 e. The van der Waals surface area contributed by atoms with Crippen LogP contribution in [0.15, 0.2) is 4.52 Å². The fourth-order valence-electron chi connectivity index (χ4n) is 2.67. The topological polar surface area (TPSA) is 106 Å². The largest absolute Gasteiger partial charge is 0.444 e. The van der Waals surface area contributed by atoms with Crippen molar-refractivity contribution in [3.8, 4) is 0 Å². The predicted octanol–water partition coefficient (Wildman–Crippen LogP) is 2.89. The van der Waals surface area contributed by atoms with E-state index >= 15 is 0 Å². The molecule has 152 valence electrons. The van der Waals surface area contributed by atoms with Crippen LogP contribution < -0.4 is 10.6 Å². The van der Waals surface area contributed by atoms with Gasteiger partial charge in [0, 0.05) is 18.8 Å². The van der Waals surface area contributed by atoms with Crippen molar-refractivity contribution in [3.63, 3.8) is 0 Å². The van der Waals surface area contributed by atoms with Crippen molar-refractivity contribution in [2.45, 2.75) is 83.4 Å². The van der Waals surface area contributed by atoms with Crippen LogP contribution in [0.4, 0.5) is 13.6 Å². The number of ether oxygens (including phenoxy) is 1. The zero-order valence-electron chi connectivity index (χ0n) is 16.0. The van der Waals surface area contributed by atoms with Crippen molar-refractivity contribution < 1.29 is 27.6 Å². The van der Waals surface area contributed by atoms with Gasteiger partial charge in [0.25, 0.3) is 0 Å².